The van der Waals surface area contributed by atoms with E-state index in [1.165, 1.54) is 38.5 Å². The van der Waals surface area contributed by atoms with E-state index in [0.29, 0.717) is 52.0 Å². The van der Waals surface area contributed by atoms with Crippen molar-refractivity contribution >= 4 is 59.7 Å². The van der Waals surface area contributed by atoms with Gasteiger partial charge in [0.25, 0.3) is 0 Å². The van der Waals surface area contributed by atoms with Crippen LogP contribution in [0.2, 0.25) is 0 Å². The maximum absolute atomic E-state index is 11.8. The molecular formula is C41H76N6O15S. The zero-order valence-electron chi connectivity index (χ0n) is 37.2. The number of thioether (sulfide) groups is 1. The van der Waals surface area contributed by atoms with Crippen molar-refractivity contribution in [2.75, 3.05) is 90.5 Å². The number of rotatable bonds is 44. The predicted molar refractivity (Wildman–Crippen MR) is 236 cm³/mol. The van der Waals surface area contributed by atoms with Gasteiger partial charge in [-0.1, -0.05) is 77.6 Å². The summed E-state index contributed by atoms with van der Waals surface area (Å²) in [6, 6.07) is -1.76. The van der Waals surface area contributed by atoms with E-state index in [1.54, 1.807) is 0 Å². The molecule has 21 nitrogen and oxygen atoms in total. The fraction of sp³-hybridized carbons (Fsp3) is 0.805. The topological polar surface area (TPSA) is 320 Å². The molecule has 0 aliphatic carbocycles. The lowest BCUT2D eigenvalue weighted by Gasteiger charge is -2.13. The zero-order valence-corrected chi connectivity index (χ0v) is 38.0. The normalized spacial score (nSPS) is 11.6. The number of carboxylic acids is 3. The SMILES string of the molecule is CCCC(NC(=O)CCCCCCCCCCCCCCC(=O)O)C(=O)O.N[C@@H](CSCC(=O)NCCNC(=O)COCCOCCNC(=O)COCCOCCNC=O)C(=O)O. The number of carbonyl (C=O) groups is 8. The quantitative estimate of drug-likeness (QED) is 0.0306. The first-order chi connectivity index (χ1) is 30.3. The summed E-state index contributed by atoms with van der Waals surface area (Å²) < 4.78 is 20.8. The van der Waals surface area contributed by atoms with Crippen LogP contribution in [0, 0.1) is 0 Å². The van der Waals surface area contributed by atoms with E-state index in [2.05, 4.69) is 26.6 Å². The van der Waals surface area contributed by atoms with E-state index in [4.69, 9.17) is 40.0 Å². The molecule has 366 valence electrons. The molecule has 0 spiro atoms. The summed E-state index contributed by atoms with van der Waals surface area (Å²) in [5, 5.41) is 39.1. The molecule has 2 atom stereocenters. The second kappa shape index (κ2) is 45.9. The minimum Gasteiger partial charge on any atom is -0.481 e. The van der Waals surface area contributed by atoms with Crippen LogP contribution >= 0.6 is 11.8 Å². The zero-order chi connectivity index (χ0) is 47.2. The minimum absolute atomic E-state index is 0.0775. The van der Waals surface area contributed by atoms with Gasteiger partial charge in [0.15, 0.2) is 0 Å². The summed E-state index contributed by atoms with van der Waals surface area (Å²) in [5.74, 6) is -3.63. The monoisotopic (exact) mass is 925 g/mol. The number of hydrogen-bond acceptors (Lipinski definition) is 14. The molecule has 1 unspecified atom stereocenters. The van der Waals surface area contributed by atoms with Crippen LogP contribution in [0.25, 0.3) is 0 Å². The molecule has 0 aromatic heterocycles. The summed E-state index contributed by atoms with van der Waals surface area (Å²) in [7, 11) is 0. The lowest BCUT2D eigenvalue weighted by atomic mass is 10.0. The van der Waals surface area contributed by atoms with Gasteiger partial charge in [-0.05, 0) is 19.3 Å². The lowest BCUT2D eigenvalue weighted by Crippen LogP contribution is -2.40. The van der Waals surface area contributed by atoms with Crippen LogP contribution in [-0.4, -0.2) is 166 Å². The standard InChI is InChI=1S/C21H39NO5.C20H37N5O10S/c1-2-15-18(21(26)27)22-19(23)16-13-11-9-7-5-3-4-6-8-10-12-14-17-20(24)25;21-16(20(30)31)13-36-14-19(29)24-2-1-23-17(27)11-34-10-8-33-6-4-25-18(28)12-35-9-7-32-5-3-22-15-26/h18H,2-17H2,1H3,(H,22,23)(H,24,25)(H,26,27);15-16H,1-14,21H2,(H,22,26)(H,23,27)(H,24,29)(H,25,28)(H,30,31)/t;16-/m.0/s1. The van der Waals surface area contributed by atoms with Crippen molar-refractivity contribution in [2.24, 2.45) is 5.73 Å². The van der Waals surface area contributed by atoms with Crippen LogP contribution in [0.4, 0.5) is 0 Å². The smallest absolute Gasteiger partial charge is 0.326 e. The summed E-state index contributed by atoms with van der Waals surface area (Å²) >= 11 is 1.11. The van der Waals surface area contributed by atoms with Gasteiger partial charge >= 0.3 is 17.9 Å². The van der Waals surface area contributed by atoms with E-state index in [0.717, 1.165) is 56.7 Å². The average Bonchev–Trinajstić information content (AvgIpc) is 3.24. The third-order valence-electron chi connectivity index (χ3n) is 8.63. The molecule has 0 aliphatic heterocycles. The molecule has 0 saturated heterocycles. The van der Waals surface area contributed by atoms with Crippen molar-refractivity contribution in [2.45, 2.75) is 122 Å². The van der Waals surface area contributed by atoms with Crippen LogP contribution in [0.15, 0.2) is 0 Å². The van der Waals surface area contributed by atoms with E-state index in [-0.39, 0.29) is 87.9 Å². The number of hydrogen-bond donors (Lipinski definition) is 9. The molecule has 0 saturated carbocycles. The molecule has 0 rings (SSSR count). The molecule has 0 bridgehead atoms. The number of aliphatic carboxylic acids is 3. The van der Waals surface area contributed by atoms with Crippen LogP contribution < -0.4 is 32.3 Å². The van der Waals surface area contributed by atoms with E-state index >= 15 is 0 Å². The van der Waals surface area contributed by atoms with E-state index in [1.807, 2.05) is 6.92 Å². The van der Waals surface area contributed by atoms with Crippen molar-refractivity contribution < 1.29 is 72.6 Å². The maximum Gasteiger partial charge on any atom is 0.326 e. The Hall–Kier alpha value is -4.09. The summed E-state index contributed by atoms with van der Waals surface area (Å²) in [6.07, 6.45) is 15.7. The second-order valence-corrected chi connectivity index (χ2v) is 15.3. The summed E-state index contributed by atoms with van der Waals surface area (Å²) in [4.78, 5) is 88.6. The van der Waals surface area contributed by atoms with Gasteiger partial charge in [-0.25, -0.2) is 4.79 Å². The predicted octanol–water partition coefficient (Wildman–Crippen LogP) is 1.19. The van der Waals surface area contributed by atoms with Crippen molar-refractivity contribution in [1.82, 2.24) is 26.6 Å². The number of nitrogens with two attached hydrogens (primary N) is 1. The lowest BCUT2D eigenvalue weighted by molar-refractivity contribution is -0.142. The van der Waals surface area contributed by atoms with Crippen LogP contribution in [-0.2, 0) is 57.3 Å². The van der Waals surface area contributed by atoms with Gasteiger partial charge in [0.1, 0.15) is 25.3 Å². The van der Waals surface area contributed by atoms with Gasteiger partial charge in [-0.2, -0.15) is 0 Å². The molecule has 10 N–H and O–H groups in total. The van der Waals surface area contributed by atoms with E-state index in [9.17, 15) is 38.4 Å². The third-order valence-corrected chi connectivity index (χ3v) is 9.69. The molecule has 5 amide bonds. The molecule has 0 radical (unpaired) electrons. The number of amides is 5. The summed E-state index contributed by atoms with van der Waals surface area (Å²) in [5.41, 5.74) is 5.33. The molecular weight excluding hydrogens is 849 g/mol. The first-order valence-corrected chi connectivity index (χ1v) is 23.1. The highest BCUT2D eigenvalue weighted by Gasteiger charge is 2.18. The fourth-order valence-corrected chi connectivity index (χ4v) is 6.07. The third kappa shape index (κ3) is 47.2. The Morgan fingerprint density at radius 1 is 0.571 bits per heavy atom. The van der Waals surface area contributed by atoms with Crippen molar-refractivity contribution in [3.05, 3.63) is 0 Å². The van der Waals surface area contributed by atoms with Gasteiger partial charge in [0.2, 0.25) is 30.0 Å². The Morgan fingerprint density at radius 2 is 1.03 bits per heavy atom. The molecule has 0 aromatic rings. The average molecular weight is 925 g/mol. The molecule has 0 heterocycles. The molecule has 63 heavy (non-hydrogen) atoms. The van der Waals surface area contributed by atoms with Gasteiger partial charge in [-0.15, -0.1) is 11.8 Å². The number of nitrogens with one attached hydrogen (secondary N) is 5. The molecule has 0 aromatic carbocycles. The number of ether oxygens (including phenoxy) is 4. The van der Waals surface area contributed by atoms with Crippen molar-refractivity contribution in [3.8, 4) is 0 Å². The first kappa shape index (κ1) is 61.0. The van der Waals surface area contributed by atoms with Crippen molar-refractivity contribution in [1.29, 1.82) is 0 Å². The Balaban J connectivity index is 0. The highest BCUT2D eigenvalue weighted by atomic mass is 32.2. The van der Waals surface area contributed by atoms with Gasteiger partial charge < -0.3 is 66.6 Å². The number of carbonyl (C=O) groups excluding carboxylic acids is 5. The largest absolute Gasteiger partial charge is 0.481 e. The van der Waals surface area contributed by atoms with Gasteiger partial charge in [-0.3, -0.25) is 33.6 Å². The maximum atomic E-state index is 11.8. The molecule has 0 aliphatic rings. The van der Waals surface area contributed by atoms with Crippen molar-refractivity contribution in [3.63, 3.8) is 0 Å². The number of unbranched alkanes of at least 4 members (excludes halogenated alkanes) is 11. The molecule has 0 fully saturated rings. The van der Waals surface area contributed by atoms with Gasteiger partial charge in [0.05, 0.1) is 45.4 Å². The fourth-order valence-electron chi connectivity index (χ4n) is 5.27. The van der Waals surface area contributed by atoms with Crippen LogP contribution in [0.1, 0.15) is 110 Å². The first-order valence-electron chi connectivity index (χ1n) is 21.9. The minimum atomic E-state index is -1.12. The Bertz CT molecular complexity index is 1240. The van der Waals surface area contributed by atoms with E-state index < -0.39 is 30.0 Å². The highest BCUT2D eigenvalue weighted by Crippen LogP contribution is 2.13. The summed E-state index contributed by atoms with van der Waals surface area (Å²) in [6.45, 7) is 4.47. The highest BCUT2D eigenvalue weighted by molar-refractivity contribution is 8.00. The Labute approximate surface area is 376 Å². The van der Waals surface area contributed by atoms with Gasteiger partial charge in [0, 0.05) is 44.8 Å². The Kier molecular flexibility index (Phi) is 44.5. The second-order valence-electron chi connectivity index (χ2n) is 14.3. The van der Waals surface area contributed by atoms with Crippen LogP contribution in [0.3, 0.4) is 0 Å². The Morgan fingerprint density at radius 3 is 1.51 bits per heavy atom. The van der Waals surface area contributed by atoms with Crippen LogP contribution in [0.5, 0.6) is 0 Å². The molecule has 22 heteroatoms. The number of carboxylic acid groups (broad SMARTS) is 3.